The van der Waals surface area contributed by atoms with E-state index < -0.39 is 0 Å². The first-order chi connectivity index (χ1) is 9.10. The fourth-order valence-electron chi connectivity index (χ4n) is 1.31. The van der Waals surface area contributed by atoms with Gasteiger partial charge in [0.05, 0.1) is 6.26 Å². The van der Waals surface area contributed by atoms with Gasteiger partial charge in [-0.1, -0.05) is 37.4 Å². The van der Waals surface area contributed by atoms with E-state index in [2.05, 4.69) is 12.2 Å². The summed E-state index contributed by atoms with van der Waals surface area (Å²) in [6.07, 6.45) is 6.35. The van der Waals surface area contributed by atoms with Crippen LogP contribution in [0, 0.1) is 0 Å². The minimum absolute atomic E-state index is 0.0309. The molecule has 0 unspecified atom stereocenters. The third kappa shape index (κ3) is 6.52. The van der Waals surface area contributed by atoms with Crippen LogP contribution in [0.25, 0.3) is 6.08 Å². The summed E-state index contributed by atoms with van der Waals surface area (Å²) < 4.78 is 0. The van der Waals surface area contributed by atoms with Gasteiger partial charge in [0.1, 0.15) is 5.75 Å². The average molecular weight is 278 g/mol. The van der Waals surface area contributed by atoms with Gasteiger partial charge in [0, 0.05) is 11.6 Å². The van der Waals surface area contributed by atoms with Gasteiger partial charge in [0.25, 0.3) is 0 Å². The quantitative estimate of drug-likeness (QED) is 0.377. The summed E-state index contributed by atoms with van der Waals surface area (Å²) in [4.78, 5) is 11.6. The maximum absolute atomic E-state index is 11.6. The van der Waals surface area contributed by atoms with Crippen LogP contribution in [0.5, 0.6) is 5.75 Å². The minimum Gasteiger partial charge on any atom is -0.515 e. The third-order valence-electron chi connectivity index (χ3n) is 2.06. The predicted molar refractivity (Wildman–Crippen MR) is 82.9 cm³/mol. The van der Waals surface area contributed by atoms with Crippen molar-refractivity contribution in [1.29, 1.82) is 0 Å². The molecule has 0 heterocycles. The van der Waals surface area contributed by atoms with Crippen LogP contribution in [0.2, 0.25) is 0 Å². The molecule has 0 aliphatic heterocycles. The number of hydrogen-bond acceptors (Lipinski definition) is 4. The van der Waals surface area contributed by atoms with Gasteiger partial charge in [-0.15, -0.1) is 0 Å². The molecule has 0 radical (unpaired) electrons. The van der Waals surface area contributed by atoms with Gasteiger partial charge < -0.3 is 10.2 Å². The molecule has 1 aromatic rings. The van der Waals surface area contributed by atoms with Crippen molar-refractivity contribution >= 4 is 29.4 Å². The largest absolute Gasteiger partial charge is 0.515 e. The molecule has 0 saturated heterocycles. The lowest BCUT2D eigenvalue weighted by Crippen LogP contribution is -1.97. The third-order valence-corrected chi connectivity index (χ3v) is 2.06. The topological polar surface area (TPSA) is 57.5 Å². The lowest BCUT2D eigenvalue weighted by atomic mass is 10.0. The molecule has 3 nitrogen and oxygen atoms in total. The highest BCUT2D eigenvalue weighted by atomic mass is 32.1. The zero-order chi connectivity index (χ0) is 14.7. The summed E-state index contributed by atoms with van der Waals surface area (Å²) in [5.74, 6) is -0.308. The number of aliphatic hydroxyl groups excluding tert-OH is 1. The molecule has 1 aromatic carbocycles. The maximum atomic E-state index is 11.6. The summed E-state index contributed by atoms with van der Waals surface area (Å²) in [5, 5.41) is 19.5. The average Bonchev–Trinajstić information content (AvgIpc) is 2.38. The van der Waals surface area contributed by atoms with Gasteiger partial charge in [-0.05, 0) is 36.4 Å². The van der Waals surface area contributed by atoms with Gasteiger partial charge in [0.2, 0.25) is 0 Å². The summed E-state index contributed by atoms with van der Waals surface area (Å²) in [6, 6.07) is 4.58. The van der Waals surface area contributed by atoms with Crippen LogP contribution < -0.4 is 0 Å². The molecule has 2 N–H and O–H groups in total. The van der Waals surface area contributed by atoms with Crippen molar-refractivity contribution in [3.8, 4) is 5.75 Å². The maximum Gasteiger partial charge on any atom is 0.189 e. The van der Waals surface area contributed by atoms with Crippen molar-refractivity contribution in [1.82, 2.24) is 0 Å². The number of hydrogen-bond donors (Lipinski definition) is 2. The Hall–Kier alpha value is -1.94. The molecule has 1 rings (SSSR count). The zero-order valence-corrected chi connectivity index (χ0v) is 11.9. The van der Waals surface area contributed by atoms with Crippen molar-refractivity contribution in [2.75, 3.05) is 0 Å². The van der Waals surface area contributed by atoms with Crippen LogP contribution in [-0.4, -0.2) is 21.4 Å². The number of aromatic hydroxyl groups is 1. The Morgan fingerprint density at radius 2 is 2.05 bits per heavy atom. The first-order valence-corrected chi connectivity index (χ1v) is 6.32. The van der Waals surface area contributed by atoms with E-state index in [1.807, 2.05) is 26.0 Å². The number of allylic oxidation sites excluding steroid dienone is 2. The summed E-state index contributed by atoms with van der Waals surface area (Å²) >= 11 is 4.27. The number of phenolic OH excluding ortho intramolecular Hbond substituents is 1. The lowest BCUT2D eigenvalue weighted by Gasteiger charge is -2.03. The summed E-state index contributed by atoms with van der Waals surface area (Å²) in [6.45, 7) is 3.81. The molecule has 0 aromatic heterocycles. The van der Waals surface area contributed by atoms with Crippen LogP contribution in [-0.2, 0) is 0 Å². The number of ketones is 1. The normalized spacial score (nSPS) is 10.2. The van der Waals surface area contributed by atoms with E-state index >= 15 is 0 Å². The smallest absolute Gasteiger partial charge is 0.189 e. The van der Waals surface area contributed by atoms with E-state index in [0.29, 0.717) is 11.8 Å². The molecule has 19 heavy (non-hydrogen) atoms. The second-order valence-corrected chi connectivity index (χ2v) is 3.97. The monoisotopic (exact) mass is 278 g/mol. The Bertz CT molecular complexity index is 476. The number of benzene rings is 1. The standard InChI is InChI=1S/C13H14O3.C2H4S/c1-2-3-4-10-5-6-11(15)9-12(10)13(16)7-8-14;1-2-3/h3-9,14-15H,2H2,1H3;2H,1H3/b4-3-,8-7+;. The summed E-state index contributed by atoms with van der Waals surface area (Å²) in [7, 11) is 0. The molecule has 0 aliphatic rings. The van der Waals surface area contributed by atoms with E-state index in [1.54, 1.807) is 11.4 Å². The van der Waals surface area contributed by atoms with Crippen LogP contribution in [0.4, 0.5) is 0 Å². The number of phenols is 1. The highest BCUT2D eigenvalue weighted by molar-refractivity contribution is 7.78. The van der Waals surface area contributed by atoms with E-state index in [9.17, 15) is 9.90 Å². The molecular formula is C15H18O3S. The molecule has 0 fully saturated rings. The predicted octanol–water partition coefficient (Wildman–Crippen LogP) is 4.08. The van der Waals surface area contributed by atoms with Gasteiger partial charge in [-0.2, -0.15) is 0 Å². The zero-order valence-electron chi connectivity index (χ0n) is 11.0. The molecule has 0 amide bonds. The van der Waals surface area contributed by atoms with Gasteiger partial charge in [0.15, 0.2) is 5.78 Å². The highest BCUT2D eigenvalue weighted by Gasteiger charge is 2.07. The van der Waals surface area contributed by atoms with Crippen molar-refractivity contribution in [2.24, 2.45) is 0 Å². The number of carbonyl (C=O) groups is 1. The van der Waals surface area contributed by atoms with Crippen LogP contribution in [0.3, 0.4) is 0 Å². The molecule has 4 heteroatoms. The fraction of sp³-hybridized carbons (Fsp3) is 0.200. The molecule has 0 spiro atoms. The number of aliphatic hydroxyl groups is 1. The van der Waals surface area contributed by atoms with Crippen molar-refractivity contribution in [2.45, 2.75) is 20.3 Å². The SMILES string of the molecule is CC/C=C\c1ccc(O)cc1C(=O)/C=C/O.CC=S. The van der Waals surface area contributed by atoms with Crippen LogP contribution in [0.1, 0.15) is 36.2 Å². The molecule has 0 atom stereocenters. The minimum atomic E-state index is -0.339. The van der Waals surface area contributed by atoms with Crippen molar-refractivity contribution in [3.63, 3.8) is 0 Å². The Balaban J connectivity index is 0.000000982. The number of carbonyl (C=O) groups excluding carboxylic acids is 1. The second-order valence-electron chi connectivity index (χ2n) is 3.50. The van der Waals surface area contributed by atoms with Gasteiger partial charge >= 0.3 is 0 Å². The Morgan fingerprint density at radius 1 is 1.42 bits per heavy atom. The van der Waals surface area contributed by atoms with Crippen LogP contribution >= 0.6 is 12.2 Å². The highest BCUT2D eigenvalue weighted by Crippen LogP contribution is 2.19. The molecular weight excluding hydrogens is 260 g/mol. The number of thiocarbonyl (C=S) groups is 1. The van der Waals surface area contributed by atoms with E-state index in [4.69, 9.17) is 5.11 Å². The molecule has 0 bridgehead atoms. The van der Waals surface area contributed by atoms with Gasteiger partial charge in [-0.25, -0.2) is 0 Å². The molecule has 0 saturated carbocycles. The first kappa shape index (κ1) is 17.1. The number of rotatable bonds is 4. The molecule has 102 valence electrons. The summed E-state index contributed by atoms with van der Waals surface area (Å²) in [5.41, 5.74) is 1.10. The lowest BCUT2D eigenvalue weighted by molar-refractivity contribution is 0.104. The van der Waals surface area contributed by atoms with Crippen LogP contribution in [0.15, 0.2) is 36.6 Å². The molecule has 0 aliphatic carbocycles. The van der Waals surface area contributed by atoms with Crippen molar-refractivity contribution in [3.05, 3.63) is 47.7 Å². The fourth-order valence-corrected chi connectivity index (χ4v) is 1.31. The van der Waals surface area contributed by atoms with E-state index in [0.717, 1.165) is 18.1 Å². The second kappa shape index (κ2) is 10.0. The Morgan fingerprint density at radius 3 is 2.58 bits per heavy atom. The van der Waals surface area contributed by atoms with E-state index in [-0.39, 0.29) is 11.5 Å². The Kier molecular flexibility index (Phi) is 9.00. The van der Waals surface area contributed by atoms with Gasteiger partial charge in [-0.3, -0.25) is 4.79 Å². The first-order valence-electron chi connectivity index (χ1n) is 5.85. The Labute approximate surface area is 118 Å². The van der Waals surface area contributed by atoms with E-state index in [1.165, 1.54) is 12.1 Å². The van der Waals surface area contributed by atoms with Crippen molar-refractivity contribution < 1.29 is 15.0 Å².